The first-order valence-corrected chi connectivity index (χ1v) is 8.74. The van der Waals surface area contributed by atoms with E-state index < -0.39 is 11.5 Å². The molecule has 3 rings (SSSR count). The van der Waals surface area contributed by atoms with Crippen LogP contribution in [-0.4, -0.2) is 48.5 Å². The van der Waals surface area contributed by atoms with Gasteiger partial charge in [-0.1, -0.05) is 24.3 Å². The summed E-state index contributed by atoms with van der Waals surface area (Å²) in [5.74, 6) is -0.0333. The molecule has 9 heteroatoms. The minimum absolute atomic E-state index is 0.0456. The molecular weight excluding hydrogens is 372 g/mol. The first-order valence-electron chi connectivity index (χ1n) is 8.74. The molecule has 0 N–H and O–H groups in total. The van der Waals surface area contributed by atoms with Crippen LogP contribution in [0, 0.1) is 10.1 Å². The van der Waals surface area contributed by atoms with E-state index in [4.69, 9.17) is 0 Å². The van der Waals surface area contributed by atoms with Gasteiger partial charge >= 0.3 is 6.61 Å². The third-order valence-electron chi connectivity index (χ3n) is 4.56. The predicted molar refractivity (Wildman–Crippen MR) is 98.7 cm³/mol. The molecule has 148 valence electrons. The standard InChI is InChI=1S/C19H19F2N3O4/c20-19(21)28-15-7-5-14(6-8-15)13-18(25)23-11-9-22(10-12-23)16-3-1-2-4-17(16)24(26)27/h1-8,19H,9-13H2. The molecule has 1 aliphatic rings. The van der Waals surface area contributed by atoms with E-state index in [1.807, 2.05) is 4.90 Å². The number of nitrogens with zero attached hydrogens (tertiary/aromatic N) is 3. The molecule has 0 spiro atoms. The largest absolute Gasteiger partial charge is 0.435 e. The zero-order valence-electron chi connectivity index (χ0n) is 15.0. The molecule has 0 aromatic heterocycles. The Morgan fingerprint density at radius 3 is 2.32 bits per heavy atom. The molecular formula is C19H19F2N3O4. The van der Waals surface area contributed by atoms with Gasteiger partial charge in [-0.3, -0.25) is 14.9 Å². The number of carbonyl (C=O) groups excluding carboxylic acids is 1. The van der Waals surface area contributed by atoms with E-state index in [1.165, 1.54) is 18.2 Å². The van der Waals surface area contributed by atoms with Crippen LogP contribution in [0.15, 0.2) is 48.5 Å². The number of ether oxygens (including phenoxy) is 1. The number of piperazine rings is 1. The first kappa shape index (κ1) is 19.5. The van der Waals surface area contributed by atoms with E-state index in [0.29, 0.717) is 37.4 Å². The van der Waals surface area contributed by atoms with Gasteiger partial charge in [0.1, 0.15) is 11.4 Å². The average Bonchev–Trinajstić information content (AvgIpc) is 2.69. The maximum absolute atomic E-state index is 12.5. The molecule has 0 aliphatic carbocycles. The Balaban J connectivity index is 1.56. The van der Waals surface area contributed by atoms with Gasteiger partial charge < -0.3 is 14.5 Å². The molecule has 1 fully saturated rings. The topological polar surface area (TPSA) is 75.9 Å². The van der Waals surface area contributed by atoms with E-state index >= 15 is 0 Å². The normalized spacial score (nSPS) is 14.2. The molecule has 1 amide bonds. The lowest BCUT2D eigenvalue weighted by molar-refractivity contribution is -0.384. The van der Waals surface area contributed by atoms with Crippen molar-refractivity contribution in [3.63, 3.8) is 0 Å². The van der Waals surface area contributed by atoms with Crippen molar-refractivity contribution in [2.75, 3.05) is 31.1 Å². The highest BCUT2D eigenvalue weighted by Gasteiger charge is 2.25. The van der Waals surface area contributed by atoms with Crippen molar-refractivity contribution in [2.45, 2.75) is 13.0 Å². The van der Waals surface area contributed by atoms with E-state index in [9.17, 15) is 23.7 Å². The molecule has 0 bridgehead atoms. The lowest BCUT2D eigenvalue weighted by atomic mass is 10.1. The van der Waals surface area contributed by atoms with Crippen LogP contribution in [-0.2, 0) is 11.2 Å². The van der Waals surface area contributed by atoms with Crippen LogP contribution in [0.1, 0.15) is 5.56 Å². The number of carbonyl (C=O) groups is 1. The predicted octanol–water partition coefficient (Wildman–Crippen LogP) is 3.09. The second-order valence-corrected chi connectivity index (χ2v) is 6.31. The monoisotopic (exact) mass is 391 g/mol. The highest BCUT2D eigenvalue weighted by molar-refractivity contribution is 5.79. The van der Waals surface area contributed by atoms with E-state index in [0.717, 1.165) is 0 Å². The Kier molecular flexibility index (Phi) is 6.03. The minimum Gasteiger partial charge on any atom is -0.435 e. The van der Waals surface area contributed by atoms with Gasteiger partial charge in [-0.15, -0.1) is 0 Å². The smallest absolute Gasteiger partial charge is 0.387 e. The Morgan fingerprint density at radius 2 is 1.71 bits per heavy atom. The van der Waals surface area contributed by atoms with Crippen LogP contribution in [0.3, 0.4) is 0 Å². The molecule has 2 aromatic rings. The fourth-order valence-electron chi connectivity index (χ4n) is 3.16. The van der Waals surface area contributed by atoms with Crippen LogP contribution >= 0.6 is 0 Å². The zero-order chi connectivity index (χ0) is 20.1. The SMILES string of the molecule is O=C(Cc1ccc(OC(F)F)cc1)N1CCN(c2ccccc2[N+](=O)[O-])CC1. The summed E-state index contributed by atoms with van der Waals surface area (Å²) in [6.45, 7) is -0.978. The maximum atomic E-state index is 12.5. The van der Waals surface area contributed by atoms with Crippen molar-refractivity contribution in [3.05, 3.63) is 64.2 Å². The number of anilines is 1. The van der Waals surface area contributed by atoms with Gasteiger partial charge in [0.05, 0.1) is 11.3 Å². The molecule has 2 aromatic carbocycles. The summed E-state index contributed by atoms with van der Waals surface area (Å²) in [4.78, 5) is 26.9. The van der Waals surface area contributed by atoms with Gasteiger partial charge in [0.2, 0.25) is 5.91 Å². The Hall–Kier alpha value is -3.23. The molecule has 0 unspecified atom stereocenters. The van der Waals surface area contributed by atoms with Crippen molar-refractivity contribution < 1.29 is 23.2 Å². The highest BCUT2D eigenvalue weighted by Crippen LogP contribution is 2.28. The fraction of sp³-hybridized carbons (Fsp3) is 0.316. The van der Waals surface area contributed by atoms with E-state index in [-0.39, 0.29) is 23.8 Å². The molecule has 0 atom stereocenters. The number of hydrogen-bond donors (Lipinski definition) is 0. The van der Waals surface area contributed by atoms with Crippen molar-refractivity contribution in [1.82, 2.24) is 4.90 Å². The van der Waals surface area contributed by atoms with Gasteiger partial charge in [0.15, 0.2) is 0 Å². The van der Waals surface area contributed by atoms with Gasteiger partial charge in [0.25, 0.3) is 5.69 Å². The van der Waals surface area contributed by atoms with Crippen LogP contribution in [0.2, 0.25) is 0 Å². The third-order valence-corrected chi connectivity index (χ3v) is 4.56. The Morgan fingerprint density at radius 1 is 1.07 bits per heavy atom. The van der Waals surface area contributed by atoms with Gasteiger partial charge in [-0.25, -0.2) is 0 Å². The molecule has 0 radical (unpaired) electrons. The lowest BCUT2D eigenvalue weighted by Gasteiger charge is -2.35. The summed E-state index contributed by atoms with van der Waals surface area (Å²) in [7, 11) is 0. The fourth-order valence-corrected chi connectivity index (χ4v) is 3.16. The van der Waals surface area contributed by atoms with Crippen molar-refractivity contribution in [3.8, 4) is 5.75 Å². The quantitative estimate of drug-likeness (QED) is 0.559. The lowest BCUT2D eigenvalue weighted by Crippen LogP contribution is -2.49. The van der Waals surface area contributed by atoms with Crippen molar-refractivity contribution in [1.29, 1.82) is 0 Å². The van der Waals surface area contributed by atoms with Crippen LogP contribution in [0.4, 0.5) is 20.2 Å². The van der Waals surface area contributed by atoms with E-state index in [1.54, 1.807) is 35.2 Å². The Bertz CT molecular complexity index is 837. The van der Waals surface area contributed by atoms with Gasteiger partial charge in [0, 0.05) is 32.2 Å². The molecule has 28 heavy (non-hydrogen) atoms. The number of halogens is 2. The average molecular weight is 391 g/mol. The van der Waals surface area contributed by atoms with Gasteiger partial charge in [-0.05, 0) is 23.8 Å². The minimum atomic E-state index is -2.88. The highest BCUT2D eigenvalue weighted by atomic mass is 19.3. The molecule has 0 saturated carbocycles. The number of alkyl halides is 2. The number of hydrogen-bond acceptors (Lipinski definition) is 5. The maximum Gasteiger partial charge on any atom is 0.387 e. The second kappa shape index (κ2) is 8.64. The number of para-hydroxylation sites is 2. The van der Waals surface area contributed by atoms with Crippen LogP contribution < -0.4 is 9.64 Å². The molecule has 1 heterocycles. The number of nitro groups is 1. The summed E-state index contributed by atoms with van der Waals surface area (Å²) in [5, 5.41) is 11.2. The zero-order valence-corrected chi connectivity index (χ0v) is 15.0. The molecule has 7 nitrogen and oxygen atoms in total. The van der Waals surface area contributed by atoms with Gasteiger partial charge in [-0.2, -0.15) is 8.78 Å². The number of amides is 1. The number of benzene rings is 2. The summed E-state index contributed by atoms with van der Waals surface area (Å²) in [6, 6.07) is 12.5. The summed E-state index contributed by atoms with van der Waals surface area (Å²) < 4.78 is 28.6. The molecule has 1 aliphatic heterocycles. The first-order chi connectivity index (χ1) is 13.4. The number of nitro benzene ring substituents is 1. The van der Waals surface area contributed by atoms with Crippen LogP contribution in [0.5, 0.6) is 5.75 Å². The summed E-state index contributed by atoms with van der Waals surface area (Å²) >= 11 is 0. The van der Waals surface area contributed by atoms with Crippen molar-refractivity contribution >= 4 is 17.3 Å². The van der Waals surface area contributed by atoms with E-state index in [2.05, 4.69) is 4.74 Å². The van der Waals surface area contributed by atoms with Crippen molar-refractivity contribution in [2.24, 2.45) is 0 Å². The van der Waals surface area contributed by atoms with Crippen LogP contribution in [0.25, 0.3) is 0 Å². The summed E-state index contributed by atoms with van der Waals surface area (Å²) in [5.41, 5.74) is 1.30. The third kappa shape index (κ3) is 4.73. The number of rotatable bonds is 6. The Labute approximate surface area is 160 Å². The molecule has 1 saturated heterocycles. The second-order valence-electron chi connectivity index (χ2n) is 6.31. The summed E-state index contributed by atoms with van der Waals surface area (Å²) in [6.07, 6.45) is 0.153.